The lowest BCUT2D eigenvalue weighted by atomic mass is 10.0. The fourth-order valence-corrected chi connectivity index (χ4v) is 2.72. The van der Waals surface area contributed by atoms with E-state index in [1.807, 2.05) is 30.3 Å². The maximum absolute atomic E-state index is 14.0. The van der Waals surface area contributed by atoms with Gasteiger partial charge in [0.15, 0.2) is 0 Å². The van der Waals surface area contributed by atoms with E-state index in [1.165, 1.54) is 0 Å². The molecule has 0 atom stereocenters. The summed E-state index contributed by atoms with van der Waals surface area (Å²) in [5, 5.41) is 3.31. The number of rotatable bonds is 3. The lowest BCUT2D eigenvalue weighted by molar-refractivity contribution is 0.416. The van der Waals surface area contributed by atoms with Gasteiger partial charge in [-0.05, 0) is 29.8 Å². The van der Waals surface area contributed by atoms with Crippen LogP contribution in [-0.4, -0.2) is 33.3 Å². The third kappa shape index (κ3) is 3.00. The van der Waals surface area contributed by atoms with Crippen molar-refractivity contribution in [2.45, 2.75) is 0 Å². The Morgan fingerprint density at radius 1 is 1.10 bits per heavy atom. The Morgan fingerprint density at radius 2 is 1.86 bits per heavy atom. The molecule has 3 nitrogen and oxygen atoms in total. The standard InChI is InChI=1S/C17H19FN2O/c1-21-17-5-3-2-4-16(17)13-10-14(18)12-15(11-13)20-8-6-19-7-9-20/h2-5,10-12,19H,6-9H2,1H3. The Labute approximate surface area is 124 Å². The van der Waals surface area contributed by atoms with Gasteiger partial charge in [-0.3, -0.25) is 0 Å². The van der Waals surface area contributed by atoms with Gasteiger partial charge < -0.3 is 15.0 Å². The molecular weight excluding hydrogens is 267 g/mol. The van der Waals surface area contributed by atoms with E-state index >= 15 is 0 Å². The molecule has 0 spiro atoms. The van der Waals surface area contributed by atoms with Crippen molar-refractivity contribution in [2.75, 3.05) is 38.2 Å². The van der Waals surface area contributed by atoms with Crippen LogP contribution in [0.3, 0.4) is 0 Å². The molecule has 0 amide bonds. The fourth-order valence-electron chi connectivity index (χ4n) is 2.72. The predicted octanol–water partition coefficient (Wildman–Crippen LogP) is 2.91. The molecule has 1 N–H and O–H groups in total. The quantitative estimate of drug-likeness (QED) is 0.939. The number of methoxy groups -OCH3 is 1. The fraction of sp³-hybridized carbons (Fsp3) is 0.294. The number of hydrogen-bond donors (Lipinski definition) is 1. The maximum Gasteiger partial charge on any atom is 0.126 e. The van der Waals surface area contributed by atoms with Crippen LogP contribution in [0.4, 0.5) is 10.1 Å². The van der Waals surface area contributed by atoms with Crippen LogP contribution >= 0.6 is 0 Å². The van der Waals surface area contributed by atoms with Gasteiger partial charge in [-0.1, -0.05) is 18.2 Å². The Morgan fingerprint density at radius 3 is 2.62 bits per heavy atom. The van der Waals surface area contributed by atoms with Gasteiger partial charge in [0.25, 0.3) is 0 Å². The van der Waals surface area contributed by atoms with Crippen molar-refractivity contribution in [2.24, 2.45) is 0 Å². The van der Waals surface area contributed by atoms with Gasteiger partial charge in [0.05, 0.1) is 7.11 Å². The first kappa shape index (κ1) is 13.9. The van der Waals surface area contributed by atoms with Crippen molar-refractivity contribution in [3.05, 3.63) is 48.3 Å². The minimum atomic E-state index is -0.216. The van der Waals surface area contributed by atoms with E-state index < -0.39 is 0 Å². The molecule has 1 aliphatic heterocycles. The average Bonchev–Trinajstić information content (AvgIpc) is 2.55. The lowest BCUT2D eigenvalue weighted by Gasteiger charge is -2.29. The van der Waals surface area contributed by atoms with E-state index in [0.717, 1.165) is 48.7 Å². The summed E-state index contributed by atoms with van der Waals surface area (Å²) in [6.45, 7) is 3.66. The molecule has 0 bridgehead atoms. The molecule has 0 aliphatic carbocycles. The zero-order chi connectivity index (χ0) is 14.7. The molecule has 0 aromatic heterocycles. The summed E-state index contributed by atoms with van der Waals surface area (Å²) in [6, 6.07) is 12.9. The number of piperazine rings is 1. The highest BCUT2D eigenvalue weighted by Crippen LogP contribution is 2.32. The monoisotopic (exact) mass is 286 g/mol. The number of ether oxygens (including phenoxy) is 1. The number of halogens is 1. The van der Waals surface area contributed by atoms with Crippen LogP contribution < -0.4 is 15.0 Å². The second-order valence-electron chi connectivity index (χ2n) is 5.14. The number of benzene rings is 2. The minimum Gasteiger partial charge on any atom is -0.496 e. The molecule has 1 aliphatic rings. The van der Waals surface area contributed by atoms with Gasteiger partial charge in [-0.2, -0.15) is 0 Å². The molecule has 4 heteroatoms. The van der Waals surface area contributed by atoms with E-state index in [0.29, 0.717) is 0 Å². The molecule has 0 saturated carbocycles. The maximum atomic E-state index is 14.0. The minimum absolute atomic E-state index is 0.216. The van der Waals surface area contributed by atoms with Gasteiger partial charge >= 0.3 is 0 Å². The van der Waals surface area contributed by atoms with E-state index in [-0.39, 0.29) is 5.82 Å². The zero-order valence-electron chi connectivity index (χ0n) is 12.1. The molecule has 1 saturated heterocycles. The van der Waals surface area contributed by atoms with E-state index in [9.17, 15) is 4.39 Å². The molecule has 3 rings (SSSR count). The van der Waals surface area contributed by atoms with Crippen LogP contribution in [-0.2, 0) is 0 Å². The lowest BCUT2D eigenvalue weighted by Crippen LogP contribution is -2.43. The van der Waals surface area contributed by atoms with Crippen molar-refractivity contribution < 1.29 is 9.13 Å². The molecule has 2 aromatic carbocycles. The van der Waals surface area contributed by atoms with Crippen LogP contribution in [0.1, 0.15) is 0 Å². The Bertz CT molecular complexity index is 624. The second-order valence-corrected chi connectivity index (χ2v) is 5.14. The summed E-state index contributed by atoms with van der Waals surface area (Å²) in [5.41, 5.74) is 2.69. The number of nitrogens with one attached hydrogen (secondary N) is 1. The van der Waals surface area contributed by atoms with Crippen molar-refractivity contribution >= 4 is 5.69 Å². The third-order valence-electron chi connectivity index (χ3n) is 3.78. The third-order valence-corrected chi connectivity index (χ3v) is 3.78. The Hall–Kier alpha value is -2.07. The molecule has 0 unspecified atom stereocenters. The number of nitrogens with zero attached hydrogens (tertiary/aromatic N) is 1. The van der Waals surface area contributed by atoms with E-state index in [2.05, 4.69) is 10.2 Å². The number of anilines is 1. The van der Waals surface area contributed by atoms with Crippen LogP contribution in [0, 0.1) is 5.82 Å². The predicted molar refractivity (Wildman–Crippen MR) is 83.5 cm³/mol. The summed E-state index contributed by atoms with van der Waals surface area (Å²) < 4.78 is 19.4. The summed E-state index contributed by atoms with van der Waals surface area (Å²) in [7, 11) is 1.63. The van der Waals surface area contributed by atoms with Crippen LogP contribution in [0.5, 0.6) is 5.75 Å². The van der Waals surface area contributed by atoms with E-state index in [1.54, 1.807) is 19.2 Å². The molecule has 2 aromatic rings. The molecule has 21 heavy (non-hydrogen) atoms. The van der Waals surface area contributed by atoms with Crippen molar-refractivity contribution in [3.63, 3.8) is 0 Å². The van der Waals surface area contributed by atoms with Crippen molar-refractivity contribution in [3.8, 4) is 16.9 Å². The highest BCUT2D eigenvalue weighted by Gasteiger charge is 2.14. The SMILES string of the molecule is COc1ccccc1-c1cc(F)cc(N2CCNCC2)c1. The molecule has 1 heterocycles. The smallest absolute Gasteiger partial charge is 0.126 e. The zero-order valence-corrected chi connectivity index (χ0v) is 12.1. The van der Waals surface area contributed by atoms with Crippen LogP contribution in [0.2, 0.25) is 0 Å². The molecular formula is C17H19FN2O. The van der Waals surface area contributed by atoms with Gasteiger partial charge in [0.2, 0.25) is 0 Å². The van der Waals surface area contributed by atoms with Gasteiger partial charge in [-0.15, -0.1) is 0 Å². The summed E-state index contributed by atoms with van der Waals surface area (Å²) in [4.78, 5) is 2.21. The topological polar surface area (TPSA) is 24.5 Å². The summed E-state index contributed by atoms with van der Waals surface area (Å²) in [5.74, 6) is 0.543. The first-order valence-electron chi connectivity index (χ1n) is 7.17. The molecule has 110 valence electrons. The Kier molecular flexibility index (Phi) is 4.06. The van der Waals surface area contributed by atoms with Gasteiger partial charge in [0, 0.05) is 37.4 Å². The average molecular weight is 286 g/mol. The van der Waals surface area contributed by atoms with Gasteiger partial charge in [-0.25, -0.2) is 4.39 Å². The highest BCUT2D eigenvalue weighted by molar-refractivity contribution is 5.74. The van der Waals surface area contributed by atoms with Crippen molar-refractivity contribution in [1.29, 1.82) is 0 Å². The Balaban J connectivity index is 2.01. The van der Waals surface area contributed by atoms with Crippen LogP contribution in [0.15, 0.2) is 42.5 Å². The highest BCUT2D eigenvalue weighted by atomic mass is 19.1. The van der Waals surface area contributed by atoms with E-state index in [4.69, 9.17) is 4.74 Å². The number of para-hydroxylation sites is 1. The first-order chi connectivity index (χ1) is 10.3. The molecule has 1 fully saturated rings. The largest absolute Gasteiger partial charge is 0.496 e. The first-order valence-corrected chi connectivity index (χ1v) is 7.17. The van der Waals surface area contributed by atoms with Gasteiger partial charge in [0.1, 0.15) is 11.6 Å². The molecule has 0 radical (unpaired) electrons. The normalized spacial score (nSPS) is 15.0. The van der Waals surface area contributed by atoms with Crippen molar-refractivity contribution in [1.82, 2.24) is 5.32 Å². The second kappa shape index (κ2) is 6.14. The summed E-state index contributed by atoms with van der Waals surface area (Å²) >= 11 is 0. The summed E-state index contributed by atoms with van der Waals surface area (Å²) in [6.07, 6.45) is 0. The van der Waals surface area contributed by atoms with Crippen LogP contribution in [0.25, 0.3) is 11.1 Å². The number of hydrogen-bond acceptors (Lipinski definition) is 3.